The Bertz CT molecular complexity index is 1770. The van der Waals surface area contributed by atoms with Crippen LogP contribution in [0.15, 0.2) is 72.2 Å². The molecule has 1 saturated heterocycles. The number of rotatable bonds is 12. The lowest BCUT2D eigenvalue weighted by molar-refractivity contribution is -0.134. The molecule has 3 N–H and O–H groups in total. The normalized spacial score (nSPS) is 19.2. The van der Waals surface area contributed by atoms with Gasteiger partial charge in [-0.1, -0.05) is 68.8 Å². The van der Waals surface area contributed by atoms with Gasteiger partial charge in [0.05, 0.1) is 22.9 Å². The average molecular weight is 695 g/mol. The Morgan fingerprint density at radius 2 is 1.94 bits per heavy atom. The lowest BCUT2D eigenvalue weighted by Gasteiger charge is -2.35. The van der Waals surface area contributed by atoms with Crippen LogP contribution >= 0.6 is 11.6 Å². The van der Waals surface area contributed by atoms with Crippen LogP contribution in [0.1, 0.15) is 77.6 Å². The first kappa shape index (κ1) is 35.5. The second-order valence-electron chi connectivity index (χ2n) is 13.8. The number of guanidine groups is 1. The van der Waals surface area contributed by atoms with Crippen molar-refractivity contribution in [3.8, 4) is 11.1 Å². The van der Waals surface area contributed by atoms with E-state index in [0.29, 0.717) is 44.1 Å². The number of hydrogen-bond acceptors (Lipinski definition) is 7. The molecule has 2 fully saturated rings. The van der Waals surface area contributed by atoms with Gasteiger partial charge in [-0.3, -0.25) is 15.1 Å². The van der Waals surface area contributed by atoms with Crippen LogP contribution in [0.4, 0.5) is 19.3 Å². The molecule has 2 aromatic carbocycles. The average Bonchev–Trinajstić information content (AvgIpc) is 3.45. The Morgan fingerprint density at radius 1 is 1.24 bits per heavy atom. The molecule has 3 aromatic rings. The van der Waals surface area contributed by atoms with Crippen LogP contribution in [-0.4, -0.2) is 51.5 Å². The maximum Gasteiger partial charge on any atom is 0.407 e. The van der Waals surface area contributed by atoms with E-state index >= 15 is 0 Å². The van der Waals surface area contributed by atoms with Gasteiger partial charge < -0.3 is 15.4 Å². The van der Waals surface area contributed by atoms with Crippen molar-refractivity contribution >= 4 is 42.0 Å². The number of allylic oxidation sites excluding steroid dienone is 1. The first-order chi connectivity index (χ1) is 23.1. The van der Waals surface area contributed by atoms with Crippen molar-refractivity contribution in [1.82, 2.24) is 25.3 Å². The van der Waals surface area contributed by atoms with Gasteiger partial charge in [0.15, 0.2) is 5.96 Å². The first-order valence-corrected chi connectivity index (χ1v) is 16.2. The van der Waals surface area contributed by atoms with E-state index in [2.05, 4.69) is 27.6 Å². The molecule has 1 aliphatic carbocycles. The molecular formula is C35H41ClF2N8O3. The van der Waals surface area contributed by atoms with Gasteiger partial charge in [-0.2, -0.15) is 19.0 Å². The summed E-state index contributed by atoms with van der Waals surface area (Å²) in [7, 11) is 0. The van der Waals surface area contributed by atoms with Gasteiger partial charge in [0, 0.05) is 30.2 Å². The van der Waals surface area contributed by atoms with E-state index in [4.69, 9.17) is 21.7 Å². The van der Waals surface area contributed by atoms with E-state index < -0.39 is 35.5 Å². The highest BCUT2D eigenvalue weighted by molar-refractivity contribution is 6.33. The van der Waals surface area contributed by atoms with E-state index in [9.17, 15) is 18.4 Å². The molecule has 5 rings (SSSR count). The molecule has 0 unspecified atom stereocenters. The lowest BCUT2D eigenvalue weighted by atomic mass is 9.75. The van der Waals surface area contributed by atoms with Gasteiger partial charge in [-0.25, -0.2) is 14.5 Å². The summed E-state index contributed by atoms with van der Waals surface area (Å²) < 4.78 is 32.6. The van der Waals surface area contributed by atoms with Crippen LogP contribution in [0.5, 0.6) is 0 Å². The number of halogens is 3. The molecule has 1 saturated carbocycles. The number of alkyl carbamates (subject to hydrolysis) is 1. The van der Waals surface area contributed by atoms with Crippen molar-refractivity contribution in [1.29, 1.82) is 5.41 Å². The number of alkyl halides is 2. The molecule has 2 atom stereocenters. The Morgan fingerprint density at radius 3 is 2.51 bits per heavy atom. The number of carbonyl (C=O) groups excluding carboxylic acids is 2. The van der Waals surface area contributed by atoms with Crippen molar-refractivity contribution in [2.45, 2.75) is 77.6 Å². The zero-order valence-corrected chi connectivity index (χ0v) is 28.9. The number of nitrogens with zero attached hydrogens (tertiary/aromatic N) is 5. The molecule has 0 spiro atoms. The topological polar surface area (TPSA) is 128 Å². The van der Waals surface area contributed by atoms with Crippen molar-refractivity contribution in [3.63, 3.8) is 0 Å². The molecular weight excluding hydrogens is 654 g/mol. The Labute approximate surface area is 289 Å². The number of carbonyl (C=O) groups is 2. The predicted molar refractivity (Wildman–Crippen MR) is 186 cm³/mol. The summed E-state index contributed by atoms with van der Waals surface area (Å²) in [5, 5.41) is 24.8. The van der Waals surface area contributed by atoms with Crippen molar-refractivity contribution in [2.75, 3.05) is 11.6 Å². The van der Waals surface area contributed by atoms with Crippen LogP contribution in [-0.2, 0) is 15.1 Å². The van der Waals surface area contributed by atoms with Crippen LogP contribution in [0.3, 0.4) is 0 Å². The Balaban J connectivity index is 1.55. The van der Waals surface area contributed by atoms with Crippen LogP contribution in [0.2, 0.25) is 5.02 Å². The summed E-state index contributed by atoms with van der Waals surface area (Å²) >= 11 is 6.57. The van der Waals surface area contributed by atoms with Crippen molar-refractivity contribution in [2.24, 2.45) is 10.5 Å². The molecule has 14 heteroatoms. The zero-order chi connectivity index (χ0) is 35.7. The molecule has 2 amide bonds. The first-order valence-electron chi connectivity index (χ1n) is 15.9. The quantitative estimate of drug-likeness (QED) is 0.133. The maximum atomic E-state index is 14.9. The van der Waals surface area contributed by atoms with E-state index in [-0.39, 0.29) is 18.1 Å². The van der Waals surface area contributed by atoms with Crippen molar-refractivity contribution in [3.05, 3.63) is 83.3 Å². The predicted octanol–water partition coefficient (Wildman–Crippen LogP) is 7.57. The highest BCUT2D eigenvalue weighted by atomic mass is 35.5. The van der Waals surface area contributed by atoms with E-state index in [1.54, 1.807) is 54.7 Å². The summed E-state index contributed by atoms with van der Waals surface area (Å²) in [4.78, 5) is 29.1. The summed E-state index contributed by atoms with van der Waals surface area (Å²) in [6.45, 7) is 10.3. The SMILES string of the molecule is C=NN(/C=C\C)c1cc([C@@H](COC(=O)NC2(C)CC2)N2C(=N)N[C@](CC(C)(C)C)(c3ccc(-c4cnn(C(F)F)c4)cc3)C2=O)ccc1Cl. The molecule has 260 valence electrons. The molecule has 49 heavy (non-hydrogen) atoms. The molecule has 2 aliphatic rings. The number of hydrazone groups is 1. The Kier molecular flexibility index (Phi) is 9.87. The van der Waals surface area contributed by atoms with Gasteiger partial charge in [-0.05, 0) is 67.3 Å². The smallest absolute Gasteiger partial charge is 0.407 e. The monoisotopic (exact) mass is 694 g/mol. The third-order valence-corrected chi connectivity index (χ3v) is 8.92. The highest BCUT2D eigenvalue weighted by Crippen LogP contribution is 2.43. The lowest BCUT2D eigenvalue weighted by Crippen LogP contribution is -2.47. The van der Waals surface area contributed by atoms with Crippen molar-refractivity contribution < 1.29 is 23.1 Å². The number of amides is 2. The Hall–Kier alpha value is -4.78. The van der Waals surface area contributed by atoms with Gasteiger partial charge in [0.1, 0.15) is 12.1 Å². The summed E-state index contributed by atoms with van der Waals surface area (Å²) in [6.07, 6.45) is 7.40. The van der Waals surface area contributed by atoms with Crippen LogP contribution in [0.25, 0.3) is 11.1 Å². The second-order valence-corrected chi connectivity index (χ2v) is 14.2. The number of ether oxygens (including phenoxy) is 1. The van der Waals surface area contributed by atoms with Gasteiger partial charge >= 0.3 is 12.6 Å². The third-order valence-electron chi connectivity index (χ3n) is 8.60. The molecule has 2 heterocycles. The molecule has 1 aliphatic heterocycles. The minimum absolute atomic E-state index is 0.177. The zero-order valence-electron chi connectivity index (χ0n) is 28.1. The largest absolute Gasteiger partial charge is 0.447 e. The number of benzene rings is 2. The minimum atomic E-state index is -2.77. The standard InChI is InChI=1S/C35H41ClF2N8O3/c1-7-16-44(40-6)27-17-23(10-13-26(27)36)28(20-49-32(48)43-34(5)14-15-34)46-29(47)35(42-31(46)39,21-33(2,3)4)25-11-8-22(9-12-25)24-18-41-45(19-24)30(37)38/h7-13,16-19,28,30H,6,14-15,20-21H2,1-5H3,(H2,39,42)(H,43,48)/b16-7-/t28-,35-/m1/s1. The second kappa shape index (κ2) is 13.6. The molecule has 1 aromatic heterocycles. The van der Waals surface area contributed by atoms with Gasteiger partial charge in [-0.15, -0.1) is 0 Å². The minimum Gasteiger partial charge on any atom is -0.447 e. The molecule has 11 nitrogen and oxygen atoms in total. The molecule has 0 bridgehead atoms. The van der Waals surface area contributed by atoms with Crippen LogP contribution in [0, 0.1) is 10.8 Å². The summed E-state index contributed by atoms with van der Waals surface area (Å²) in [5.74, 6) is -0.596. The summed E-state index contributed by atoms with van der Waals surface area (Å²) in [5.41, 5.74) is 0.631. The number of nitrogens with one attached hydrogen (secondary N) is 3. The number of aromatic nitrogens is 2. The van der Waals surface area contributed by atoms with E-state index in [0.717, 1.165) is 12.8 Å². The maximum absolute atomic E-state index is 14.9. The fraction of sp³-hybridized carbons (Fsp3) is 0.400. The summed E-state index contributed by atoms with van der Waals surface area (Å²) in [6, 6.07) is 11.1. The van der Waals surface area contributed by atoms with E-state index in [1.807, 2.05) is 34.6 Å². The molecule has 0 radical (unpaired) electrons. The number of hydrogen-bond donors (Lipinski definition) is 3. The van der Waals surface area contributed by atoms with E-state index in [1.165, 1.54) is 22.3 Å². The third kappa shape index (κ3) is 7.61. The fourth-order valence-corrected chi connectivity index (χ4v) is 6.21. The van der Waals surface area contributed by atoms with Gasteiger partial charge in [0.25, 0.3) is 5.91 Å². The number of anilines is 1. The van der Waals surface area contributed by atoms with Crippen LogP contribution < -0.4 is 15.6 Å². The fourth-order valence-electron chi connectivity index (χ4n) is 6.00. The highest BCUT2D eigenvalue weighted by Gasteiger charge is 2.54. The van der Waals surface area contributed by atoms with Gasteiger partial charge in [0.2, 0.25) is 0 Å².